The maximum atomic E-state index is 12.6. The van der Waals surface area contributed by atoms with Crippen molar-refractivity contribution in [3.63, 3.8) is 0 Å². The average Bonchev–Trinajstić information content (AvgIpc) is 2.41. The molecule has 1 aromatic carbocycles. The van der Waals surface area contributed by atoms with Crippen LogP contribution in [0.15, 0.2) is 17.0 Å². The molecule has 1 aliphatic heterocycles. The van der Waals surface area contributed by atoms with Crippen LogP contribution in [0.1, 0.15) is 43.4 Å². The van der Waals surface area contributed by atoms with Crippen LogP contribution in [-0.4, -0.2) is 39.5 Å². The fourth-order valence-electron chi connectivity index (χ4n) is 4.15. The minimum Gasteiger partial charge on any atom is -0.303 e. The highest BCUT2D eigenvalue weighted by atomic mass is 32.2. The monoisotopic (exact) mass is 352 g/mol. The van der Waals surface area contributed by atoms with E-state index in [1.54, 1.807) is 0 Å². The third kappa shape index (κ3) is 5.04. The molecule has 0 spiro atoms. The molecular formula is C19H32N2O2S. The summed E-state index contributed by atoms with van der Waals surface area (Å²) in [5.41, 5.74) is 2.73. The van der Waals surface area contributed by atoms with E-state index < -0.39 is 10.0 Å². The second-order valence-electron chi connectivity index (χ2n) is 7.68. The highest BCUT2D eigenvalue weighted by Crippen LogP contribution is 2.22. The first kappa shape index (κ1) is 19.4. The Morgan fingerprint density at radius 3 is 2.17 bits per heavy atom. The third-order valence-corrected chi connectivity index (χ3v) is 6.53. The lowest BCUT2D eigenvalue weighted by Gasteiger charge is -2.34. The van der Waals surface area contributed by atoms with E-state index in [4.69, 9.17) is 0 Å². The smallest absolute Gasteiger partial charge is 0.241 e. The third-order valence-electron chi connectivity index (χ3n) is 4.76. The maximum Gasteiger partial charge on any atom is 0.241 e. The largest absolute Gasteiger partial charge is 0.303 e. The van der Waals surface area contributed by atoms with Crippen LogP contribution in [-0.2, 0) is 10.0 Å². The van der Waals surface area contributed by atoms with Crippen LogP contribution in [0.5, 0.6) is 0 Å². The molecule has 2 rings (SSSR count). The molecule has 2 atom stereocenters. The highest BCUT2D eigenvalue weighted by Gasteiger charge is 2.22. The van der Waals surface area contributed by atoms with Crippen molar-refractivity contribution in [2.24, 2.45) is 11.8 Å². The molecule has 1 fully saturated rings. The van der Waals surface area contributed by atoms with Gasteiger partial charge in [0.2, 0.25) is 10.0 Å². The lowest BCUT2D eigenvalue weighted by molar-refractivity contribution is 0.140. The van der Waals surface area contributed by atoms with Gasteiger partial charge < -0.3 is 4.90 Å². The number of rotatable bonds is 6. The number of piperidine rings is 1. The van der Waals surface area contributed by atoms with Gasteiger partial charge in [0, 0.05) is 19.6 Å². The van der Waals surface area contributed by atoms with Crippen molar-refractivity contribution < 1.29 is 8.42 Å². The molecule has 1 heterocycles. The molecular weight excluding hydrogens is 320 g/mol. The maximum absolute atomic E-state index is 12.6. The molecule has 1 N–H and O–H groups in total. The van der Waals surface area contributed by atoms with E-state index in [-0.39, 0.29) is 0 Å². The zero-order valence-electron chi connectivity index (χ0n) is 15.7. The number of likely N-dealkylation sites (tertiary alicyclic amines) is 1. The molecule has 0 radical (unpaired) electrons. The summed E-state index contributed by atoms with van der Waals surface area (Å²) in [5.74, 6) is 1.48. The van der Waals surface area contributed by atoms with Gasteiger partial charge in [-0.2, -0.15) is 0 Å². The SMILES string of the molecule is Cc1cc(C)c(S(=O)(=O)NCCCN2C[C@H](C)C[C@H](C)C2)c(C)c1. The second-order valence-corrected chi connectivity index (χ2v) is 9.39. The van der Waals surface area contributed by atoms with E-state index in [0.717, 1.165) is 54.6 Å². The number of benzene rings is 1. The van der Waals surface area contributed by atoms with Crippen molar-refractivity contribution >= 4 is 10.0 Å². The van der Waals surface area contributed by atoms with Crippen LogP contribution < -0.4 is 4.72 Å². The topological polar surface area (TPSA) is 49.4 Å². The first-order valence-corrected chi connectivity index (χ1v) is 10.5. The van der Waals surface area contributed by atoms with Crippen LogP contribution in [0, 0.1) is 32.6 Å². The van der Waals surface area contributed by atoms with Gasteiger partial charge >= 0.3 is 0 Å². The Balaban J connectivity index is 1.90. The van der Waals surface area contributed by atoms with Crippen LogP contribution in [0.25, 0.3) is 0 Å². The molecule has 0 bridgehead atoms. The number of nitrogens with one attached hydrogen (secondary N) is 1. The van der Waals surface area contributed by atoms with Crippen LogP contribution in [0.4, 0.5) is 0 Å². The van der Waals surface area contributed by atoms with Crippen molar-refractivity contribution in [3.8, 4) is 0 Å². The summed E-state index contributed by atoms with van der Waals surface area (Å²) < 4.78 is 28.0. The van der Waals surface area contributed by atoms with Crippen LogP contribution in [0.3, 0.4) is 0 Å². The molecule has 136 valence electrons. The molecule has 5 heteroatoms. The number of nitrogens with zero attached hydrogens (tertiary/aromatic N) is 1. The van der Waals surface area contributed by atoms with Gasteiger partial charge in [0.15, 0.2) is 0 Å². The Morgan fingerprint density at radius 1 is 1.08 bits per heavy atom. The van der Waals surface area contributed by atoms with Gasteiger partial charge in [-0.1, -0.05) is 31.5 Å². The normalized spacial score (nSPS) is 22.7. The lowest BCUT2D eigenvalue weighted by atomic mass is 9.92. The molecule has 1 aliphatic rings. The van der Waals surface area contributed by atoms with E-state index >= 15 is 0 Å². The van der Waals surface area contributed by atoms with Crippen molar-refractivity contribution in [1.82, 2.24) is 9.62 Å². The van der Waals surface area contributed by atoms with Gasteiger partial charge in [-0.25, -0.2) is 13.1 Å². The fraction of sp³-hybridized carbons (Fsp3) is 0.684. The summed E-state index contributed by atoms with van der Waals surface area (Å²) in [5, 5.41) is 0. The Labute approximate surface area is 147 Å². The summed E-state index contributed by atoms with van der Waals surface area (Å²) in [6.45, 7) is 14.0. The van der Waals surface area contributed by atoms with Gasteiger partial charge in [0.25, 0.3) is 0 Å². The quantitative estimate of drug-likeness (QED) is 0.800. The Hall–Kier alpha value is -0.910. The molecule has 0 aromatic heterocycles. The van der Waals surface area contributed by atoms with E-state index in [2.05, 4.69) is 23.5 Å². The lowest BCUT2D eigenvalue weighted by Crippen LogP contribution is -2.40. The molecule has 0 unspecified atom stereocenters. The first-order chi connectivity index (χ1) is 11.2. The number of sulfonamides is 1. The zero-order valence-corrected chi connectivity index (χ0v) is 16.5. The highest BCUT2D eigenvalue weighted by molar-refractivity contribution is 7.89. The number of hydrogen-bond donors (Lipinski definition) is 1. The Bertz CT molecular complexity index is 637. The van der Waals surface area contributed by atoms with E-state index in [1.807, 2.05) is 32.9 Å². The first-order valence-electron chi connectivity index (χ1n) is 8.99. The predicted octanol–water partition coefficient (Wildman–Crippen LogP) is 3.26. The van der Waals surface area contributed by atoms with Crippen LogP contribution in [0.2, 0.25) is 0 Å². The summed E-state index contributed by atoms with van der Waals surface area (Å²) in [7, 11) is -3.43. The summed E-state index contributed by atoms with van der Waals surface area (Å²) >= 11 is 0. The Kier molecular flexibility index (Phi) is 6.46. The van der Waals surface area contributed by atoms with E-state index in [0.29, 0.717) is 11.4 Å². The minimum atomic E-state index is -3.43. The minimum absolute atomic E-state index is 0.438. The van der Waals surface area contributed by atoms with Crippen molar-refractivity contribution in [1.29, 1.82) is 0 Å². The predicted molar refractivity (Wildman–Crippen MR) is 99.8 cm³/mol. The molecule has 24 heavy (non-hydrogen) atoms. The number of hydrogen-bond acceptors (Lipinski definition) is 3. The molecule has 1 aromatic rings. The molecule has 1 saturated heterocycles. The zero-order chi connectivity index (χ0) is 17.9. The van der Waals surface area contributed by atoms with Crippen molar-refractivity contribution in [2.45, 2.75) is 52.4 Å². The fourth-order valence-corrected chi connectivity index (χ4v) is 5.67. The number of aryl methyl sites for hydroxylation is 3. The van der Waals surface area contributed by atoms with Gasteiger partial charge in [-0.05, 0) is 63.1 Å². The molecule has 0 aliphatic carbocycles. The molecule has 4 nitrogen and oxygen atoms in total. The Morgan fingerprint density at radius 2 is 1.62 bits per heavy atom. The summed E-state index contributed by atoms with van der Waals surface area (Å²) in [6, 6.07) is 3.86. The van der Waals surface area contributed by atoms with E-state index in [9.17, 15) is 8.42 Å². The summed E-state index contributed by atoms with van der Waals surface area (Å²) in [4.78, 5) is 2.91. The molecule has 0 amide bonds. The second kappa shape index (κ2) is 7.98. The van der Waals surface area contributed by atoms with Crippen LogP contribution >= 0.6 is 0 Å². The van der Waals surface area contributed by atoms with Crippen molar-refractivity contribution in [2.75, 3.05) is 26.2 Å². The van der Waals surface area contributed by atoms with Gasteiger partial charge in [0.1, 0.15) is 0 Å². The van der Waals surface area contributed by atoms with Crippen molar-refractivity contribution in [3.05, 3.63) is 28.8 Å². The molecule has 0 saturated carbocycles. The van der Waals surface area contributed by atoms with E-state index in [1.165, 1.54) is 6.42 Å². The van der Waals surface area contributed by atoms with Gasteiger partial charge in [-0.3, -0.25) is 0 Å². The average molecular weight is 353 g/mol. The van der Waals surface area contributed by atoms with Gasteiger partial charge in [0.05, 0.1) is 4.90 Å². The van der Waals surface area contributed by atoms with Gasteiger partial charge in [-0.15, -0.1) is 0 Å². The summed E-state index contributed by atoms with van der Waals surface area (Å²) in [6.07, 6.45) is 2.15. The standard InChI is InChI=1S/C19H32N2O2S/c1-14-10-17(4)19(18(5)11-14)24(22,23)20-7-6-8-21-12-15(2)9-16(3)13-21/h10-11,15-16,20H,6-9,12-13H2,1-5H3/t15-,16+.